The Labute approximate surface area is 144 Å². The summed E-state index contributed by atoms with van der Waals surface area (Å²) in [7, 11) is 0. The minimum Gasteiger partial charge on any atom is -0.444 e. The largest absolute Gasteiger partial charge is 0.444 e. The molecule has 24 heavy (non-hydrogen) atoms. The number of ether oxygens (including phenoxy) is 1. The number of aryl methyl sites for hydroxylation is 1. The normalized spacial score (nSPS) is 19.4. The van der Waals surface area contributed by atoms with Gasteiger partial charge in [0, 0.05) is 25.2 Å². The summed E-state index contributed by atoms with van der Waals surface area (Å²) in [5.74, 6) is -0.183. The third-order valence-electron chi connectivity index (χ3n) is 4.36. The summed E-state index contributed by atoms with van der Waals surface area (Å²) < 4.78 is 19.2. The Morgan fingerprint density at radius 3 is 2.79 bits per heavy atom. The molecule has 4 nitrogen and oxygen atoms in total. The number of carbonyl (C=O) groups is 1. The molecule has 2 rings (SSSR count). The standard InChI is InChI=1S/C19H29FN2O2/c1-13-8-9-15(11-17(13)20)14(2)21-12-16-7-6-10-22(16)18(23)24-19(3,4)5/h8-9,11,14,16,21H,6-7,10,12H2,1-5H3. The van der Waals surface area contributed by atoms with E-state index < -0.39 is 5.60 Å². The summed E-state index contributed by atoms with van der Waals surface area (Å²) in [4.78, 5) is 14.1. The van der Waals surface area contributed by atoms with Gasteiger partial charge in [-0.1, -0.05) is 12.1 Å². The van der Waals surface area contributed by atoms with Crippen LogP contribution in [0, 0.1) is 12.7 Å². The van der Waals surface area contributed by atoms with Crippen molar-refractivity contribution >= 4 is 6.09 Å². The monoisotopic (exact) mass is 336 g/mol. The van der Waals surface area contributed by atoms with Crippen LogP contribution in [-0.2, 0) is 4.74 Å². The fourth-order valence-electron chi connectivity index (χ4n) is 2.92. The van der Waals surface area contributed by atoms with Crippen molar-refractivity contribution in [3.63, 3.8) is 0 Å². The first-order valence-electron chi connectivity index (χ1n) is 8.66. The number of halogens is 1. The highest BCUT2D eigenvalue weighted by Gasteiger charge is 2.32. The molecular formula is C19H29FN2O2. The molecule has 0 saturated carbocycles. The highest BCUT2D eigenvalue weighted by molar-refractivity contribution is 5.69. The van der Waals surface area contributed by atoms with Gasteiger partial charge < -0.3 is 15.0 Å². The Kier molecular flexibility index (Phi) is 5.86. The zero-order valence-electron chi connectivity index (χ0n) is 15.4. The average Bonchev–Trinajstić information content (AvgIpc) is 2.94. The van der Waals surface area contributed by atoms with Gasteiger partial charge in [-0.3, -0.25) is 0 Å². The van der Waals surface area contributed by atoms with E-state index in [1.807, 2.05) is 33.8 Å². The molecule has 1 N–H and O–H groups in total. The van der Waals surface area contributed by atoms with Gasteiger partial charge in [-0.05, 0) is 64.7 Å². The van der Waals surface area contributed by atoms with Crippen LogP contribution in [0.15, 0.2) is 18.2 Å². The minimum absolute atomic E-state index is 0.0289. The summed E-state index contributed by atoms with van der Waals surface area (Å²) >= 11 is 0. The van der Waals surface area contributed by atoms with Crippen molar-refractivity contribution in [2.24, 2.45) is 0 Å². The van der Waals surface area contributed by atoms with Crippen LogP contribution in [-0.4, -0.2) is 35.7 Å². The van der Waals surface area contributed by atoms with E-state index in [0.717, 1.165) is 24.9 Å². The van der Waals surface area contributed by atoms with E-state index in [-0.39, 0.29) is 24.0 Å². The van der Waals surface area contributed by atoms with E-state index in [2.05, 4.69) is 5.32 Å². The zero-order valence-corrected chi connectivity index (χ0v) is 15.4. The minimum atomic E-state index is -0.482. The Bertz CT molecular complexity index is 583. The molecule has 134 valence electrons. The van der Waals surface area contributed by atoms with Crippen LogP contribution in [0.3, 0.4) is 0 Å². The molecule has 1 aliphatic heterocycles. The van der Waals surface area contributed by atoms with Gasteiger partial charge in [0.25, 0.3) is 0 Å². The predicted octanol–water partition coefficient (Wildman–Crippen LogP) is 4.18. The van der Waals surface area contributed by atoms with Gasteiger partial charge in [-0.25, -0.2) is 9.18 Å². The van der Waals surface area contributed by atoms with Crippen molar-refractivity contribution in [3.05, 3.63) is 35.1 Å². The van der Waals surface area contributed by atoms with Crippen molar-refractivity contribution in [2.45, 2.75) is 65.1 Å². The van der Waals surface area contributed by atoms with Gasteiger partial charge in [0.05, 0.1) is 0 Å². The second-order valence-corrected chi connectivity index (χ2v) is 7.61. The van der Waals surface area contributed by atoms with Crippen LogP contribution in [0.5, 0.6) is 0 Å². The summed E-state index contributed by atoms with van der Waals surface area (Å²) in [6, 6.07) is 5.47. The lowest BCUT2D eigenvalue weighted by Crippen LogP contribution is -2.44. The molecule has 1 fully saturated rings. The van der Waals surface area contributed by atoms with Gasteiger partial charge >= 0.3 is 6.09 Å². The van der Waals surface area contributed by atoms with Gasteiger partial charge in [-0.2, -0.15) is 0 Å². The quantitative estimate of drug-likeness (QED) is 0.896. The fourth-order valence-corrected chi connectivity index (χ4v) is 2.92. The number of hydrogen-bond acceptors (Lipinski definition) is 3. The van der Waals surface area contributed by atoms with Crippen molar-refractivity contribution in [2.75, 3.05) is 13.1 Å². The van der Waals surface area contributed by atoms with Gasteiger partial charge in [-0.15, -0.1) is 0 Å². The summed E-state index contributed by atoms with van der Waals surface area (Å²) in [5, 5.41) is 3.42. The van der Waals surface area contributed by atoms with Crippen LogP contribution >= 0.6 is 0 Å². The zero-order chi connectivity index (χ0) is 17.9. The summed E-state index contributed by atoms with van der Waals surface area (Å²) in [6.45, 7) is 10.8. The predicted molar refractivity (Wildman–Crippen MR) is 93.5 cm³/mol. The maximum absolute atomic E-state index is 13.7. The lowest BCUT2D eigenvalue weighted by molar-refractivity contribution is 0.0225. The molecule has 0 spiro atoms. The van der Waals surface area contributed by atoms with Gasteiger partial charge in [0.15, 0.2) is 0 Å². The molecule has 0 radical (unpaired) electrons. The second-order valence-electron chi connectivity index (χ2n) is 7.61. The van der Waals surface area contributed by atoms with E-state index in [1.54, 1.807) is 24.0 Å². The van der Waals surface area contributed by atoms with Crippen LogP contribution in [0.25, 0.3) is 0 Å². The Hall–Kier alpha value is -1.62. The van der Waals surface area contributed by atoms with Crippen LogP contribution < -0.4 is 5.32 Å². The highest BCUT2D eigenvalue weighted by atomic mass is 19.1. The molecule has 0 bridgehead atoms. The van der Waals surface area contributed by atoms with Crippen molar-refractivity contribution < 1.29 is 13.9 Å². The number of likely N-dealkylation sites (tertiary alicyclic amines) is 1. The molecular weight excluding hydrogens is 307 g/mol. The number of carbonyl (C=O) groups excluding carboxylic acids is 1. The maximum Gasteiger partial charge on any atom is 0.410 e. The molecule has 1 aliphatic rings. The maximum atomic E-state index is 13.7. The van der Waals surface area contributed by atoms with Gasteiger partial charge in [0.2, 0.25) is 0 Å². The van der Waals surface area contributed by atoms with Gasteiger partial charge in [0.1, 0.15) is 11.4 Å². The van der Waals surface area contributed by atoms with Crippen molar-refractivity contribution in [1.82, 2.24) is 10.2 Å². The van der Waals surface area contributed by atoms with E-state index in [1.165, 1.54) is 0 Å². The Morgan fingerprint density at radius 1 is 1.46 bits per heavy atom. The molecule has 2 atom stereocenters. The van der Waals surface area contributed by atoms with E-state index in [9.17, 15) is 9.18 Å². The van der Waals surface area contributed by atoms with Crippen molar-refractivity contribution in [1.29, 1.82) is 0 Å². The molecule has 1 amide bonds. The molecule has 1 saturated heterocycles. The molecule has 1 aromatic rings. The average molecular weight is 336 g/mol. The number of rotatable bonds is 4. The van der Waals surface area contributed by atoms with Crippen LogP contribution in [0.2, 0.25) is 0 Å². The highest BCUT2D eigenvalue weighted by Crippen LogP contribution is 2.22. The smallest absolute Gasteiger partial charge is 0.410 e. The summed E-state index contributed by atoms with van der Waals surface area (Å²) in [5.41, 5.74) is 1.09. The molecule has 2 unspecified atom stereocenters. The van der Waals surface area contributed by atoms with E-state index >= 15 is 0 Å². The molecule has 5 heteroatoms. The van der Waals surface area contributed by atoms with Crippen LogP contribution in [0.4, 0.5) is 9.18 Å². The lowest BCUT2D eigenvalue weighted by atomic mass is 10.1. The first-order valence-corrected chi connectivity index (χ1v) is 8.66. The van der Waals surface area contributed by atoms with Crippen LogP contribution in [0.1, 0.15) is 57.7 Å². The number of hydrogen-bond donors (Lipinski definition) is 1. The number of nitrogens with one attached hydrogen (secondary N) is 1. The Balaban J connectivity index is 1.92. The third kappa shape index (κ3) is 4.94. The van der Waals surface area contributed by atoms with E-state index in [0.29, 0.717) is 12.1 Å². The number of nitrogens with zero attached hydrogens (tertiary/aromatic N) is 1. The topological polar surface area (TPSA) is 41.6 Å². The molecule has 0 aliphatic carbocycles. The lowest BCUT2D eigenvalue weighted by Gasteiger charge is -2.29. The number of amides is 1. The van der Waals surface area contributed by atoms with Crippen molar-refractivity contribution in [3.8, 4) is 0 Å². The fraction of sp³-hybridized carbons (Fsp3) is 0.632. The molecule has 1 aromatic carbocycles. The molecule has 0 aromatic heterocycles. The van der Waals surface area contributed by atoms with E-state index in [4.69, 9.17) is 4.74 Å². The third-order valence-corrected chi connectivity index (χ3v) is 4.36. The Morgan fingerprint density at radius 2 is 2.17 bits per heavy atom. The first-order chi connectivity index (χ1) is 11.2. The second kappa shape index (κ2) is 7.51. The summed E-state index contributed by atoms with van der Waals surface area (Å²) in [6.07, 6.45) is 1.70. The first kappa shape index (κ1) is 18.7. The molecule has 1 heterocycles. The number of benzene rings is 1. The SMILES string of the molecule is Cc1ccc(C(C)NCC2CCCN2C(=O)OC(C)(C)C)cc1F.